The summed E-state index contributed by atoms with van der Waals surface area (Å²) in [4.78, 5) is 23.1. The van der Waals surface area contributed by atoms with Crippen LogP contribution in [0.25, 0.3) is 0 Å². The molecule has 0 aliphatic heterocycles. The van der Waals surface area contributed by atoms with Crippen molar-refractivity contribution in [2.75, 3.05) is 6.61 Å². The van der Waals surface area contributed by atoms with Gasteiger partial charge in [0, 0.05) is 19.8 Å². The van der Waals surface area contributed by atoms with E-state index in [0.29, 0.717) is 12.8 Å². The molecule has 0 fully saturated rings. The molecule has 0 aromatic carbocycles. The van der Waals surface area contributed by atoms with Crippen molar-refractivity contribution in [3.05, 3.63) is 47.1 Å². The van der Waals surface area contributed by atoms with E-state index >= 15 is 0 Å². The average molecular weight is 405 g/mol. The Morgan fingerprint density at radius 3 is 2.38 bits per heavy atom. The van der Waals surface area contributed by atoms with E-state index < -0.39 is 12.2 Å². The summed E-state index contributed by atoms with van der Waals surface area (Å²) < 4.78 is 10.8. The van der Waals surface area contributed by atoms with E-state index in [2.05, 4.69) is 19.6 Å². The van der Waals surface area contributed by atoms with Crippen LogP contribution in [0.1, 0.15) is 66.7 Å². The molecule has 0 saturated heterocycles. The van der Waals surface area contributed by atoms with Crippen molar-refractivity contribution in [2.45, 2.75) is 78.9 Å². The molecule has 5 nitrogen and oxygen atoms in total. The first-order chi connectivity index (χ1) is 13.6. The van der Waals surface area contributed by atoms with Crippen LogP contribution >= 0.6 is 0 Å². The maximum Gasteiger partial charge on any atom is 0.303 e. The Morgan fingerprint density at radius 1 is 1.10 bits per heavy atom. The minimum Gasteiger partial charge on any atom is -0.461 e. The van der Waals surface area contributed by atoms with Crippen LogP contribution in [0.3, 0.4) is 0 Å². The van der Waals surface area contributed by atoms with Crippen LogP contribution in [0.15, 0.2) is 47.1 Å². The molecule has 5 heteroatoms. The van der Waals surface area contributed by atoms with Gasteiger partial charge in [-0.1, -0.05) is 29.9 Å². The van der Waals surface area contributed by atoms with Crippen LogP contribution in [0.5, 0.6) is 0 Å². The number of aliphatic hydroxyl groups is 1. The van der Waals surface area contributed by atoms with E-state index in [4.69, 9.17) is 9.47 Å². The SMILES string of the molecule is C=C(C)[C@H]1CC/C(C)=C/C/C=C(/C)[C@H](O)CC/C(COC(C)=O)=C\[C@@H]1OC(C)=O. The molecule has 0 amide bonds. The Labute approximate surface area is 175 Å². The van der Waals surface area contributed by atoms with Gasteiger partial charge in [-0.15, -0.1) is 0 Å². The molecule has 3 atom stereocenters. The van der Waals surface area contributed by atoms with Gasteiger partial charge in [0.25, 0.3) is 0 Å². The summed E-state index contributed by atoms with van der Waals surface area (Å²) in [5, 5.41) is 10.5. The second-order valence-electron chi connectivity index (χ2n) is 7.96. The first kappa shape index (κ1) is 24.9. The molecule has 1 N–H and O–H groups in total. The summed E-state index contributed by atoms with van der Waals surface area (Å²) in [7, 11) is 0. The summed E-state index contributed by atoms with van der Waals surface area (Å²) in [6.07, 6.45) is 8.51. The summed E-state index contributed by atoms with van der Waals surface area (Å²) >= 11 is 0. The Kier molecular flexibility index (Phi) is 10.7. The monoisotopic (exact) mass is 404 g/mol. The molecule has 1 aliphatic carbocycles. The molecule has 162 valence electrons. The molecular formula is C24H36O5. The van der Waals surface area contributed by atoms with Crippen LogP contribution in [-0.2, 0) is 19.1 Å². The molecule has 1 rings (SSSR count). The second kappa shape index (κ2) is 12.4. The lowest BCUT2D eigenvalue weighted by molar-refractivity contribution is -0.146. The summed E-state index contributed by atoms with van der Waals surface area (Å²) in [6, 6.07) is 0. The van der Waals surface area contributed by atoms with Gasteiger partial charge in [0.15, 0.2) is 0 Å². The van der Waals surface area contributed by atoms with Crippen molar-refractivity contribution in [3.8, 4) is 0 Å². The lowest BCUT2D eigenvalue weighted by Gasteiger charge is -2.26. The lowest BCUT2D eigenvalue weighted by atomic mass is 9.87. The zero-order valence-corrected chi connectivity index (χ0v) is 18.5. The molecule has 0 aromatic heterocycles. The van der Waals surface area contributed by atoms with Gasteiger partial charge >= 0.3 is 11.9 Å². The smallest absolute Gasteiger partial charge is 0.303 e. The number of esters is 2. The predicted molar refractivity (Wildman–Crippen MR) is 115 cm³/mol. The Hall–Kier alpha value is -2.14. The van der Waals surface area contributed by atoms with Crippen LogP contribution < -0.4 is 0 Å². The van der Waals surface area contributed by atoms with Crippen molar-refractivity contribution in [1.82, 2.24) is 0 Å². The van der Waals surface area contributed by atoms with Gasteiger partial charge in [-0.2, -0.15) is 0 Å². The predicted octanol–water partition coefficient (Wildman–Crippen LogP) is 4.82. The number of aliphatic hydroxyl groups excluding tert-OH is 1. The average Bonchev–Trinajstić information content (AvgIpc) is 2.61. The largest absolute Gasteiger partial charge is 0.461 e. The number of allylic oxidation sites excluding steroid dienone is 3. The van der Waals surface area contributed by atoms with Gasteiger partial charge in [-0.05, 0) is 70.1 Å². The third kappa shape index (κ3) is 9.75. The first-order valence-electron chi connectivity index (χ1n) is 10.3. The summed E-state index contributed by atoms with van der Waals surface area (Å²) in [6.45, 7) is 12.9. The van der Waals surface area contributed by atoms with Gasteiger partial charge in [-0.25, -0.2) is 0 Å². The standard InChI is InChI=1S/C24H36O5/c1-16(2)22-12-10-17(3)8-7-9-18(4)23(27)13-11-21(15-28-19(5)25)14-24(22)29-20(6)26/h8-9,14,22-24,27H,1,7,10-13,15H2,2-6H3/b17-8+,18-9-,21-14+/t22-,23-,24+/m1/s1. The topological polar surface area (TPSA) is 72.8 Å². The molecule has 0 heterocycles. The molecular weight excluding hydrogens is 368 g/mol. The number of hydrogen-bond acceptors (Lipinski definition) is 5. The Bertz CT molecular complexity index is 683. The van der Waals surface area contributed by atoms with Crippen LogP contribution in [-0.4, -0.2) is 35.9 Å². The zero-order valence-electron chi connectivity index (χ0n) is 18.5. The molecule has 0 unspecified atom stereocenters. The maximum atomic E-state index is 11.8. The van der Waals surface area contributed by atoms with Crippen molar-refractivity contribution in [1.29, 1.82) is 0 Å². The second-order valence-corrected chi connectivity index (χ2v) is 7.96. The highest BCUT2D eigenvalue weighted by atomic mass is 16.5. The number of hydrogen-bond donors (Lipinski definition) is 1. The highest BCUT2D eigenvalue weighted by Gasteiger charge is 2.24. The molecule has 1 aliphatic rings. The van der Waals surface area contributed by atoms with Gasteiger partial charge in [0.05, 0.1) is 6.10 Å². The third-order valence-electron chi connectivity index (χ3n) is 5.21. The lowest BCUT2D eigenvalue weighted by Crippen LogP contribution is -2.26. The van der Waals surface area contributed by atoms with E-state index in [1.165, 1.54) is 19.4 Å². The van der Waals surface area contributed by atoms with Gasteiger partial charge in [0.2, 0.25) is 0 Å². The fourth-order valence-corrected chi connectivity index (χ4v) is 3.36. The molecule has 29 heavy (non-hydrogen) atoms. The summed E-state index contributed by atoms with van der Waals surface area (Å²) in [5.41, 5.74) is 3.94. The first-order valence-corrected chi connectivity index (χ1v) is 10.3. The molecule has 0 radical (unpaired) electrons. The zero-order chi connectivity index (χ0) is 22.0. The van der Waals surface area contributed by atoms with Crippen molar-refractivity contribution < 1.29 is 24.2 Å². The Balaban J connectivity index is 3.30. The van der Waals surface area contributed by atoms with Gasteiger partial charge in [0.1, 0.15) is 12.7 Å². The molecule has 0 aromatic rings. The minimum atomic E-state index is -0.573. The highest BCUT2D eigenvalue weighted by molar-refractivity contribution is 5.66. The summed E-state index contributed by atoms with van der Waals surface area (Å²) in [5.74, 6) is -0.778. The highest BCUT2D eigenvalue weighted by Crippen LogP contribution is 2.28. The van der Waals surface area contributed by atoms with Crippen molar-refractivity contribution in [2.24, 2.45) is 5.92 Å². The fourth-order valence-electron chi connectivity index (χ4n) is 3.36. The van der Waals surface area contributed by atoms with E-state index in [1.807, 2.05) is 26.0 Å². The van der Waals surface area contributed by atoms with E-state index in [0.717, 1.165) is 36.0 Å². The van der Waals surface area contributed by atoms with Gasteiger partial charge < -0.3 is 14.6 Å². The number of rotatable bonds is 4. The third-order valence-corrected chi connectivity index (χ3v) is 5.21. The Morgan fingerprint density at radius 2 is 1.79 bits per heavy atom. The van der Waals surface area contributed by atoms with E-state index in [-0.39, 0.29) is 24.5 Å². The van der Waals surface area contributed by atoms with Crippen LogP contribution in [0, 0.1) is 5.92 Å². The normalized spacial score (nSPS) is 29.7. The minimum absolute atomic E-state index is 0.0419. The number of carbonyl (C=O) groups is 2. The quantitative estimate of drug-likeness (QED) is 0.537. The van der Waals surface area contributed by atoms with E-state index in [1.54, 1.807) is 0 Å². The molecule has 0 bridgehead atoms. The van der Waals surface area contributed by atoms with Crippen LogP contribution in [0.2, 0.25) is 0 Å². The fraction of sp³-hybridized carbons (Fsp3) is 0.583. The van der Waals surface area contributed by atoms with Crippen molar-refractivity contribution in [3.63, 3.8) is 0 Å². The van der Waals surface area contributed by atoms with Crippen molar-refractivity contribution >= 4 is 11.9 Å². The number of carbonyl (C=O) groups excluding carboxylic acids is 2. The molecule has 0 spiro atoms. The number of ether oxygens (including phenoxy) is 2. The van der Waals surface area contributed by atoms with Crippen LogP contribution in [0.4, 0.5) is 0 Å². The van der Waals surface area contributed by atoms with Gasteiger partial charge in [-0.3, -0.25) is 9.59 Å². The molecule has 0 saturated carbocycles. The maximum absolute atomic E-state index is 11.8. The van der Waals surface area contributed by atoms with E-state index in [9.17, 15) is 14.7 Å².